The normalized spacial score (nSPS) is 25.1. The Morgan fingerprint density at radius 2 is 2.07 bits per heavy atom. The number of rotatable bonds is 5. The van der Waals surface area contributed by atoms with Crippen LogP contribution in [0.1, 0.15) is 42.0 Å². The van der Waals surface area contributed by atoms with Crippen molar-refractivity contribution < 1.29 is 14.0 Å². The lowest BCUT2D eigenvalue weighted by molar-refractivity contribution is -0.140. The van der Waals surface area contributed by atoms with Gasteiger partial charge in [-0.05, 0) is 43.7 Å². The minimum atomic E-state index is -0.107. The van der Waals surface area contributed by atoms with Crippen LogP contribution in [0, 0.1) is 11.8 Å². The van der Waals surface area contributed by atoms with Crippen molar-refractivity contribution in [3.05, 3.63) is 42.4 Å². The third kappa shape index (κ3) is 3.26. The summed E-state index contributed by atoms with van der Waals surface area (Å²) in [5, 5.41) is 0. The number of aromatic nitrogens is 2. The Morgan fingerprint density at radius 1 is 1.19 bits per heavy atom. The second-order valence-electron chi connectivity index (χ2n) is 8.07. The van der Waals surface area contributed by atoms with Crippen molar-refractivity contribution in [2.24, 2.45) is 11.8 Å². The fourth-order valence-electron chi connectivity index (χ4n) is 4.32. The van der Waals surface area contributed by atoms with E-state index in [1.165, 1.54) is 12.8 Å². The van der Waals surface area contributed by atoms with E-state index >= 15 is 0 Å². The largest absolute Gasteiger partial charge is 0.454 e. The lowest BCUT2D eigenvalue weighted by atomic mass is 9.94. The fourth-order valence-corrected chi connectivity index (χ4v) is 4.32. The molecule has 0 N–H and O–H groups in total. The number of fused-ring (bicyclic) bond motifs is 4. The van der Waals surface area contributed by atoms with Crippen molar-refractivity contribution >= 4 is 11.8 Å². The monoisotopic (exact) mass is 368 g/mol. The third-order valence-corrected chi connectivity index (χ3v) is 6.00. The Morgan fingerprint density at radius 3 is 2.85 bits per heavy atom. The molecule has 4 fully saturated rings. The average molecular weight is 368 g/mol. The van der Waals surface area contributed by atoms with Gasteiger partial charge in [0.15, 0.2) is 5.76 Å². The first-order valence-electron chi connectivity index (χ1n) is 9.81. The van der Waals surface area contributed by atoms with Crippen molar-refractivity contribution in [2.75, 3.05) is 19.6 Å². The van der Waals surface area contributed by atoms with Crippen LogP contribution in [0.25, 0.3) is 0 Å². The Labute approximate surface area is 157 Å². The molecule has 2 amide bonds. The highest BCUT2D eigenvalue weighted by atomic mass is 16.4. The first-order valence-corrected chi connectivity index (χ1v) is 9.81. The number of hydrogen-bond acceptors (Lipinski definition) is 4. The number of hydrogen-bond donors (Lipinski definition) is 0. The summed E-state index contributed by atoms with van der Waals surface area (Å²) in [6.07, 6.45) is 9.64. The maximum Gasteiger partial charge on any atom is 0.289 e. The van der Waals surface area contributed by atoms with Gasteiger partial charge < -0.3 is 18.8 Å². The standard InChI is InChI=1S/C20H24N4O3/c25-19-15-3-4-16(24(19)9-14-1-2-14)11-23(10-15)20(26)18-6-5-17(27-18)12-22-8-7-21-13-22/h5-8,13-16H,1-4,9-12H2/t15-,16+/m0/s1. The average Bonchev–Trinajstić information content (AvgIpc) is 3.25. The molecular weight excluding hydrogens is 344 g/mol. The SMILES string of the molecule is O=C(c1ccc(Cn2ccnc2)o1)N1C[C@@H]2CC[C@H](C1)N(CC1CC1)C2=O. The number of carbonyl (C=O) groups is 2. The van der Waals surface area contributed by atoms with Crippen molar-refractivity contribution in [1.82, 2.24) is 19.4 Å². The number of nitrogens with zero attached hydrogens (tertiary/aromatic N) is 4. The van der Waals surface area contributed by atoms with E-state index in [1.807, 2.05) is 21.7 Å². The molecule has 1 saturated carbocycles. The van der Waals surface area contributed by atoms with Gasteiger partial charge in [0, 0.05) is 38.1 Å². The lowest BCUT2D eigenvalue weighted by Gasteiger charge is -2.36. The molecule has 4 aliphatic rings. The second-order valence-corrected chi connectivity index (χ2v) is 8.07. The Bertz CT molecular complexity index is 839. The molecule has 7 heteroatoms. The summed E-state index contributed by atoms with van der Waals surface area (Å²) in [4.78, 5) is 33.7. The predicted octanol–water partition coefficient (Wildman–Crippen LogP) is 2.00. The van der Waals surface area contributed by atoms with E-state index in [-0.39, 0.29) is 23.8 Å². The molecule has 27 heavy (non-hydrogen) atoms. The van der Waals surface area contributed by atoms with Crippen LogP contribution in [-0.4, -0.2) is 56.8 Å². The first-order chi connectivity index (χ1) is 13.2. The van der Waals surface area contributed by atoms with Crippen molar-refractivity contribution in [2.45, 2.75) is 38.3 Å². The van der Waals surface area contributed by atoms with Gasteiger partial charge >= 0.3 is 0 Å². The fraction of sp³-hybridized carbons (Fsp3) is 0.550. The van der Waals surface area contributed by atoms with Crippen LogP contribution in [-0.2, 0) is 11.3 Å². The quantitative estimate of drug-likeness (QED) is 0.809. The van der Waals surface area contributed by atoms with Gasteiger partial charge in [-0.3, -0.25) is 9.59 Å². The minimum Gasteiger partial charge on any atom is -0.454 e. The summed E-state index contributed by atoms with van der Waals surface area (Å²) < 4.78 is 7.69. The zero-order chi connectivity index (χ0) is 18.4. The van der Waals surface area contributed by atoms with E-state index in [0.29, 0.717) is 31.3 Å². The van der Waals surface area contributed by atoms with Gasteiger partial charge in [0.25, 0.3) is 5.91 Å². The molecule has 0 aromatic carbocycles. The zero-order valence-electron chi connectivity index (χ0n) is 15.3. The molecular formula is C20H24N4O3. The Hall–Kier alpha value is -2.57. The maximum absolute atomic E-state index is 13.0. The van der Waals surface area contributed by atoms with Crippen molar-refractivity contribution in [1.29, 1.82) is 0 Å². The molecule has 5 heterocycles. The molecule has 0 spiro atoms. The van der Waals surface area contributed by atoms with E-state index in [1.54, 1.807) is 18.6 Å². The Balaban J connectivity index is 1.30. The highest BCUT2D eigenvalue weighted by Crippen LogP contribution is 2.35. The molecule has 142 valence electrons. The number of piperidine rings is 1. The van der Waals surface area contributed by atoms with Gasteiger partial charge in [0.05, 0.1) is 18.8 Å². The summed E-state index contributed by atoms with van der Waals surface area (Å²) in [5.74, 6) is 1.83. The smallest absolute Gasteiger partial charge is 0.289 e. The van der Waals surface area contributed by atoms with Crippen LogP contribution < -0.4 is 0 Å². The van der Waals surface area contributed by atoms with E-state index < -0.39 is 0 Å². The summed E-state index contributed by atoms with van der Waals surface area (Å²) in [7, 11) is 0. The highest BCUT2D eigenvalue weighted by molar-refractivity contribution is 5.92. The number of imidazole rings is 1. The summed E-state index contributed by atoms with van der Waals surface area (Å²) in [6, 6.07) is 3.73. The van der Waals surface area contributed by atoms with Crippen LogP contribution in [0.5, 0.6) is 0 Å². The van der Waals surface area contributed by atoms with Crippen LogP contribution in [0.15, 0.2) is 35.3 Å². The van der Waals surface area contributed by atoms with Crippen LogP contribution in [0.4, 0.5) is 0 Å². The van der Waals surface area contributed by atoms with Crippen molar-refractivity contribution in [3.8, 4) is 0 Å². The van der Waals surface area contributed by atoms with Crippen LogP contribution in [0.3, 0.4) is 0 Å². The molecule has 2 aromatic heterocycles. The molecule has 7 nitrogen and oxygen atoms in total. The van der Waals surface area contributed by atoms with E-state index in [9.17, 15) is 9.59 Å². The lowest BCUT2D eigenvalue weighted by Crippen LogP contribution is -2.48. The highest BCUT2D eigenvalue weighted by Gasteiger charge is 2.43. The van der Waals surface area contributed by atoms with Gasteiger partial charge in [-0.2, -0.15) is 0 Å². The molecule has 2 aromatic rings. The number of furan rings is 1. The van der Waals surface area contributed by atoms with Gasteiger partial charge in [0.1, 0.15) is 5.76 Å². The molecule has 3 saturated heterocycles. The molecule has 3 aliphatic heterocycles. The topological polar surface area (TPSA) is 71.6 Å². The number of amides is 2. The molecule has 0 unspecified atom stereocenters. The van der Waals surface area contributed by atoms with Crippen molar-refractivity contribution in [3.63, 3.8) is 0 Å². The molecule has 2 bridgehead atoms. The van der Waals surface area contributed by atoms with E-state index in [0.717, 1.165) is 25.1 Å². The minimum absolute atomic E-state index is 0.0631. The van der Waals surface area contributed by atoms with E-state index in [4.69, 9.17) is 4.42 Å². The first kappa shape index (κ1) is 16.6. The predicted molar refractivity (Wildman–Crippen MR) is 96.9 cm³/mol. The summed E-state index contributed by atoms with van der Waals surface area (Å²) >= 11 is 0. The molecule has 0 radical (unpaired) electrons. The van der Waals surface area contributed by atoms with Crippen LogP contribution in [0.2, 0.25) is 0 Å². The van der Waals surface area contributed by atoms with Gasteiger partial charge in [-0.1, -0.05) is 0 Å². The molecule has 2 atom stereocenters. The molecule has 1 aliphatic carbocycles. The third-order valence-electron chi connectivity index (χ3n) is 6.00. The number of carbonyl (C=O) groups excluding carboxylic acids is 2. The Kier molecular flexibility index (Phi) is 4.02. The second kappa shape index (κ2) is 6.55. The van der Waals surface area contributed by atoms with Crippen LogP contribution >= 0.6 is 0 Å². The summed E-state index contributed by atoms with van der Waals surface area (Å²) in [6.45, 7) is 2.54. The van der Waals surface area contributed by atoms with Gasteiger partial charge in [0.2, 0.25) is 5.91 Å². The zero-order valence-corrected chi connectivity index (χ0v) is 15.3. The summed E-state index contributed by atoms with van der Waals surface area (Å²) in [5.41, 5.74) is 0. The van der Waals surface area contributed by atoms with Gasteiger partial charge in [-0.25, -0.2) is 4.98 Å². The maximum atomic E-state index is 13.0. The molecule has 6 rings (SSSR count). The van der Waals surface area contributed by atoms with Gasteiger partial charge in [-0.15, -0.1) is 0 Å². The van der Waals surface area contributed by atoms with E-state index in [2.05, 4.69) is 9.88 Å².